The summed E-state index contributed by atoms with van der Waals surface area (Å²) in [7, 11) is 0. The van der Waals surface area contributed by atoms with Gasteiger partial charge in [-0.15, -0.1) is 12.4 Å². The zero-order valence-electron chi connectivity index (χ0n) is 6.73. The molecule has 3 N–H and O–H groups in total. The quantitative estimate of drug-likeness (QED) is 0.553. The first kappa shape index (κ1) is 11.2. The van der Waals surface area contributed by atoms with Crippen LogP contribution in [0.5, 0.6) is 0 Å². The molecule has 0 atom stereocenters. The maximum atomic E-state index is 5.09. The monoisotopic (exact) mass is 184 g/mol. The van der Waals surface area contributed by atoms with Crippen LogP contribution in [0.25, 0.3) is 6.08 Å². The van der Waals surface area contributed by atoms with E-state index in [2.05, 4.69) is 5.43 Å². The summed E-state index contributed by atoms with van der Waals surface area (Å²) in [5, 5.41) is 0. The van der Waals surface area contributed by atoms with Gasteiger partial charge in [-0.25, -0.2) is 0 Å². The molecule has 0 unspecified atom stereocenters. The van der Waals surface area contributed by atoms with Crippen molar-refractivity contribution < 1.29 is 0 Å². The smallest absolute Gasteiger partial charge is 0.0281 e. The highest BCUT2D eigenvalue weighted by Gasteiger charge is 1.80. The van der Waals surface area contributed by atoms with Gasteiger partial charge >= 0.3 is 0 Å². The van der Waals surface area contributed by atoms with Gasteiger partial charge in [0.05, 0.1) is 0 Å². The number of halogens is 1. The molecule has 1 aromatic rings. The number of nitrogens with two attached hydrogens (primary N) is 1. The number of nitrogens with one attached hydrogen (secondary N) is 1. The molecule has 0 aliphatic carbocycles. The second-order valence-corrected chi connectivity index (χ2v) is 2.22. The van der Waals surface area contributed by atoms with Crippen molar-refractivity contribution in [3.63, 3.8) is 0 Å². The van der Waals surface area contributed by atoms with Gasteiger partial charge in [0.15, 0.2) is 0 Å². The van der Waals surface area contributed by atoms with Gasteiger partial charge in [-0.05, 0) is 5.56 Å². The summed E-state index contributed by atoms with van der Waals surface area (Å²) >= 11 is 0. The van der Waals surface area contributed by atoms with Gasteiger partial charge in [0.2, 0.25) is 0 Å². The van der Waals surface area contributed by atoms with E-state index in [1.165, 1.54) is 5.56 Å². The lowest BCUT2D eigenvalue weighted by Gasteiger charge is -1.90. The lowest BCUT2D eigenvalue weighted by Crippen LogP contribution is -2.21. The molecule has 0 bridgehead atoms. The zero-order chi connectivity index (χ0) is 7.94. The van der Waals surface area contributed by atoms with E-state index in [1.807, 2.05) is 42.5 Å². The highest BCUT2D eigenvalue weighted by Crippen LogP contribution is 1.99. The van der Waals surface area contributed by atoms with E-state index in [0.29, 0.717) is 6.54 Å². The zero-order valence-corrected chi connectivity index (χ0v) is 7.55. The van der Waals surface area contributed by atoms with Crippen molar-refractivity contribution in [3.05, 3.63) is 42.0 Å². The minimum Gasteiger partial charge on any atom is -0.271 e. The molecule has 0 saturated heterocycles. The topological polar surface area (TPSA) is 38.0 Å². The average molecular weight is 185 g/mol. The van der Waals surface area contributed by atoms with E-state index in [1.54, 1.807) is 0 Å². The number of benzene rings is 1. The van der Waals surface area contributed by atoms with Crippen LogP contribution in [0.4, 0.5) is 0 Å². The Morgan fingerprint density at radius 3 is 2.50 bits per heavy atom. The third-order valence-corrected chi connectivity index (χ3v) is 1.35. The van der Waals surface area contributed by atoms with Crippen molar-refractivity contribution in [2.24, 2.45) is 5.84 Å². The minimum absolute atomic E-state index is 0. The molecule has 12 heavy (non-hydrogen) atoms. The lowest BCUT2D eigenvalue weighted by molar-refractivity contribution is 0.825. The molecule has 0 saturated carbocycles. The van der Waals surface area contributed by atoms with Crippen molar-refractivity contribution in [2.75, 3.05) is 6.54 Å². The summed E-state index contributed by atoms with van der Waals surface area (Å²) < 4.78 is 0. The van der Waals surface area contributed by atoms with Gasteiger partial charge in [-0.3, -0.25) is 11.3 Å². The summed E-state index contributed by atoms with van der Waals surface area (Å²) in [6.45, 7) is 0.703. The molecule has 3 heteroatoms. The Bertz CT molecular complexity index is 221. The van der Waals surface area contributed by atoms with Crippen molar-refractivity contribution >= 4 is 18.5 Å². The Balaban J connectivity index is 0.00000121. The summed E-state index contributed by atoms with van der Waals surface area (Å²) in [4.78, 5) is 0. The first-order valence-electron chi connectivity index (χ1n) is 3.58. The fourth-order valence-electron chi connectivity index (χ4n) is 0.827. The van der Waals surface area contributed by atoms with Crippen LogP contribution in [-0.4, -0.2) is 6.54 Å². The molecule has 0 radical (unpaired) electrons. The van der Waals surface area contributed by atoms with E-state index in [0.717, 1.165) is 0 Å². The Morgan fingerprint density at radius 1 is 1.25 bits per heavy atom. The fraction of sp³-hybridized carbons (Fsp3) is 0.111. The molecule has 66 valence electrons. The molecule has 1 aromatic carbocycles. The maximum Gasteiger partial charge on any atom is 0.0281 e. The van der Waals surface area contributed by atoms with E-state index >= 15 is 0 Å². The molecule has 0 aliphatic heterocycles. The summed E-state index contributed by atoms with van der Waals surface area (Å²) in [6, 6.07) is 10.1. The Morgan fingerprint density at radius 2 is 1.92 bits per heavy atom. The largest absolute Gasteiger partial charge is 0.271 e. The van der Waals surface area contributed by atoms with Crippen LogP contribution in [0.1, 0.15) is 5.56 Å². The van der Waals surface area contributed by atoms with E-state index < -0.39 is 0 Å². The van der Waals surface area contributed by atoms with Crippen LogP contribution in [0.2, 0.25) is 0 Å². The molecular weight excluding hydrogens is 172 g/mol. The number of rotatable bonds is 3. The Labute approximate surface area is 78.8 Å². The second kappa shape index (κ2) is 6.85. The molecular formula is C9H13ClN2. The van der Waals surface area contributed by atoms with Gasteiger partial charge in [0, 0.05) is 6.54 Å². The van der Waals surface area contributed by atoms with Crippen LogP contribution >= 0.6 is 12.4 Å². The molecule has 0 heterocycles. The fourth-order valence-corrected chi connectivity index (χ4v) is 0.827. The molecule has 0 aliphatic rings. The maximum absolute atomic E-state index is 5.09. The average Bonchev–Trinajstić information content (AvgIpc) is 2.07. The first-order valence-corrected chi connectivity index (χ1v) is 3.58. The van der Waals surface area contributed by atoms with Gasteiger partial charge in [0.1, 0.15) is 0 Å². The van der Waals surface area contributed by atoms with Crippen LogP contribution in [0, 0.1) is 0 Å². The first-order chi connectivity index (χ1) is 5.43. The number of hydrogen-bond donors (Lipinski definition) is 2. The van der Waals surface area contributed by atoms with E-state index in [-0.39, 0.29) is 12.4 Å². The van der Waals surface area contributed by atoms with Crippen molar-refractivity contribution in [1.82, 2.24) is 5.43 Å². The molecule has 0 amide bonds. The molecule has 0 fully saturated rings. The SMILES string of the molecule is Cl.NNCC=Cc1ccccc1. The molecule has 1 rings (SSSR count). The predicted molar refractivity (Wildman–Crippen MR) is 54.9 cm³/mol. The normalized spacial score (nSPS) is 9.75. The highest BCUT2D eigenvalue weighted by atomic mass is 35.5. The summed E-state index contributed by atoms with van der Waals surface area (Å²) in [6.07, 6.45) is 4.01. The van der Waals surface area contributed by atoms with Crippen LogP contribution in [0.3, 0.4) is 0 Å². The van der Waals surface area contributed by atoms with Gasteiger partial charge in [-0.2, -0.15) is 0 Å². The number of hydrazine groups is 1. The van der Waals surface area contributed by atoms with Crippen LogP contribution < -0.4 is 11.3 Å². The van der Waals surface area contributed by atoms with Crippen molar-refractivity contribution in [3.8, 4) is 0 Å². The van der Waals surface area contributed by atoms with Gasteiger partial charge < -0.3 is 0 Å². The van der Waals surface area contributed by atoms with Gasteiger partial charge in [-0.1, -0.05) is 42.5 Å². The number of hydrogen-bond acceptors (Lipinski definition) is 2. The third kappa shape index (κ3) is 4.13. The standard InChI is InChI=1S/C9H12N2.ClH/c10-11-8-4-7-9-5-2-1-3-6-9;/h1-7,11H,8,10H2;1H. The van der Waals surface area contributed by atoms with E-state index in [4.69, 9.17) is 5.84 Å². The van der Waals surface area contributed by atoms with E-state index in [9.17, 15) is 0 Å². The molecule has 2 nitrogen and oxygen atoms in total. The van der Waals surface area contributed by atoms with Crippen LogP contribution in [-0.2, 0) is 0 Å². The lowest BCUT2D eigenvalue weighted by atomic mass is 10.2. The van der Waals surface area contributed by atoms with Gasteiger partial charge in [0.25, 0.3) is 0 Å². The predicted octanol–water partition coefficient (Wildman–Crippen LogP) is 1.58. The Hall–Kier alpha value is -0.830. The highest BCUT2D eigenvalue weighted by molar-refractivity contribution is 5.85. The minimum atomic E-state index is 0. The van der Waals surface area contributed by atoms with Crippen LogP contribution in [0.15, 0.2) is 36.4 Å². The Kier molecular flexibility index (Phi) is 6.38. The third-order valence-electron chi connectivity index (χ3n) is 1.35. The second-order valence-electron chi connectivity index (χ2n) is 2.22. The molecule has 0 aromatic heterocycles. The molecule has 0 spiro atoms. The summed E-state index contributed by atoms with van der Waals surface area (Å²) in [5.41, 5.74) is 3.75. The summed E-state index contributed by atoms with van der Waals surface area (Å²) in [5.74, 6) is 5.09. The van der Waals surface area contributed by atoms with Crippen molar-refractivity contribution in [1.29, 1.82) is 0 Å². The van der Waals surface area contributed by atoms with Crippen molar-refractivity contribution in [2.45, 2.75) is 0 Å².